The summed E-state index contributed by atoms with van der Waals surface area (Å²) in [5.74, 6) is 0. The largest absolute Gasteiger partial charge is 0.393 e. The highest BCUT2D eigenvalue weighted by Crippen LogP contribution is 2.22. The van der Waals surface area contributed by atoms with E-state index in [9.17, 15) is 5.11 Å². The van der Waals surface area contributed by atoms with E-state index in [1.165, 1.54) is 0 Å². The Morgan fingerprint density at radius 3 is 2.80 bits per heavy atom. The van der Waals surface area contributed by atoms with E-state index in [-0.39, 0.29) is 11.5 Å². The van der Waals surface area contributed by atoms with Gasteiger partial charge < -0.3 is 15.7 Å². The summed E-state index contributed by atoms with van der Waals surface area (Å²) in [4.78, 5) is 2.88. The average Bonchev–Trinajstić information content (AvgIpc) is 2.15. The van der Waals surface area contributed by atoms with Gasteiger partial charge in [-0.2, -0.15) is 0 Å². The number of β-amino-alcohol motifs (C(OH)–C–C–N with tert-alkyl or cyclic N) is 1. The molecule has 0 bridgehead atoms. The Bertz CT molecular complexity index is 231. The Kier molecular flexibility index (Phi) is 4.49. The zero-order valence-electron chi connectivity index (χ0n) is 9.70. The highest BCUT2D eigenvalue weighted by molar-refractivity contribution is 7.80. The molecule has 0 aromatic carbocycles. The van der Waals surface area contributed by atoms with Crippen molar-refractivity contribution in [2.75, 3.05) is 19.6 Å². The van der Waals surface area contributed by atoms with Crippen LogP contribution in [0, 0.1) is 5.41 Å². The van der Waals surface area contributed by atoms with Crippen LogP contribution in [0.15, 0.2) is 0 Å². The molecule has 4 heteroatoms. The number of nitrogens with zero attached hydrogens (tertiary/aromatic N) is 1. The summed E-state index contributed by atoms with van der Waals surface area (Å²) in [6.07, 6.45) is 2.85. The van der Waals surface area contributed by atoms with Crippen LogP contribution in [0.3, 0.4) is 0 Å². The Morgan fingerprint density at radius 2 is 2.27 bits per heavy atom. The Balaban J connectivity index is 2.33. The van der Waals surface area contributed by atoms with Crippen molar-refractivity contribution in [2.24, 2.45) is 11.1 Å². The zero-order chi connectivity index (χ0) is 11.5. The maximum Gasteiger partial charge on any atom is 0.0784 e. The monoisotopic (exact) mass is 230 g/mol. The second kappa shape index (κ2) is 5.23. The van der Waals surface area contributed by atoms with Crippen LogP contribution in [0.4, 0.5) is 0 Å². The van der Waals surface area contributed by atoms with Crippen LogP contribution in [0.1, 0.15) is 33.1 Å². The maximum absolute atomic E-state index is 9.53. The van der Waals surface area contributed by atoms with E-state index < -0.39 is 0 Å². The molecule has 1 heterocycles. The fourth-order valence-electron chi connectivity index (χ4n) is 1.80. The number of likely N-dealkylation sites (tertiary alicyclic amines) is 1. The molecule has 0 aromatic rings. The van der Waals surface area contributed by atoms with Gasteiger partial charge in [0.1, 0.15) is 0 Å². The van der Waals surface area contributed by atoms with E-state index in [1.807, 2.05) is 0 Å². The number of hydrogen-bond acceptors (Lipinski definition) is 3. The van der Waals surface area contributed by atoms with Crippen molar-refractivity contribution in [1.82, 2.24) is 4.90 Å². The molecule has 1 atom stereocenters. The number of hydrogen-bond donors (Lipinski definition) is 2. The molecule has 15 heavy (non-hydrogen) atoms. The smallest absolute Gasteiger partial charge is 0.0784 e. The van der Waals surface area contributed by atoms with Crippen LogP contribution < -0.4 is 5.73 Å². The van der Waals surface area contributed by atoms with Gasteiger partial charge in [0, 0.05) is 12.0 Å². The van der Waals surface area contributed by atoms with Crippen LogP contribution in [-0.4, -0.2) is 40.7 Å². The van der Waals surface area contributed by atoms with Gasteiger partial charge in [-0.15, -0.1) is 0 Å². The van der Waals surface area contributed by atoms with Crippen molar-refractivity contribution in [3.8, 4) is 0 Å². The second-order valence-electron chi connectivity index (χ2n) is 5.09. The first-order chi connectivity index (χ1) is 6.92. The van der Waals surface area contributed by atoms with Crippen LogP contribution in [0.2, 0.25) is 0 Å². The van der Waals surface area contributed by atoms with Gasteiger partial charge in [0.25, 0.3) is 0 Å². The first-order valence-electron chi connectivity index (χ1n) is 5.62. The molecule has 1 unspecified atom stereocenters. The van der Waals surface area contributed by atoms with E-state index in [0.717, 1.165) is 38.9 Å². The van der Waals surface area contributed by atoms with Crippen molar-refractivity contribution < 1.29 is 5.11 Å². The molecule has 0 spiro atoms. The van der Waals surface area contributed by atoms with Crippen LogP contribution in [0.25, 0.3) is 0 Å². The predicted octanol–water partition coefficient (Wildman–Crippen LogP) is 1.15. The first-order valence-corrected chi connectivity index (χ1v) is 6.03. The normalized spacial score (nSPS) is 24.1. The lowest BCUT2D eigenvalue weighted by Gasteiger charge is -2.33. The second-order valence-corrected chi connectivity index (χ2v) is 5.53. The van der Waals surface area contributed by atoms with Crippen LogP contribution in [0.5, 0.6) is 0 Å². The molecule has 0 aliphatic carbocycles. The standard InChI is InChI=1S/C11H22N2OS/c1-11(2,10(12)15)5-7-13-6-3-4-9(14)8-13/h9,14H,3-8H2,1-2H3,(H2,12,15). The summed E-state index contributed by atoms with van der Waals surface area (Å²) in [5, 5.41) is 9.53. The SMILES string of the molecule is CC(C)(CCN1CCCC(O)C1)C(N)=S. The third kappa shape index (κ3) is 4.05. The van der Waals surface area contributed by atoms with Gasteiger partial charge in [0.2, 0.25) is 0 Å². The fourth-order valence-corrected chi connectivity index (χ4v) is 1.90. The lowest BCUT2D eigenvalue weighted by atomic mass is 9.89. The summed E-state index contributed by atoms with van der Waals surface area (Å²) >= 11 is 5.03. The third-order valence-corrected chi connectivity index (χ3v) is 3.75. The van der Waals surface area contributed by atoms with Gasteiger partial charge in [-0.1, -0.05) is 26.1 Å². The molecular weight excluding hydrogens is 208 g/mol. The first kappa shape index (κ1) is 12.9. The van der Waals surface area contributed by atoms with Gasteiger partial charge >= 0.3 is 0 Å². The van der Waals surface area contributed by atoms with Gasteiger partial charge in [0.05, 0.1) is 11.1 Å². The van der Waals surface area contributed by atoms with Crippen molar-refractivity contribution in [3.05, 3.63) is 0 Å². The van der Waals surface area contributed by atoms with Crippen molar-refractivity contribution >= 4 is 17.2 Å². The quantitative estimate of drug-likeness (QED) is 0.711. The molecule has 1 aliphatic heterocycles. The fraction of sp³-hybridized carbons (Fsp3) is 0.909. The topological polar surface area (TPSA) is 49.5 Å². The summed E-state index contributed by atoms with van der Waals surface area (Å²) in [5.41, 5.74) is 5.60. The molecular formula is C11H22N2OS. The Labute approximate surface area is 97.6 Å². The minimum absolute atomic E-state index is 0.0717. The molecule has 1 rings (SSSR count). The predicted molar refractivity (Wildman–Crippen MR) is 66.9 cm³/mol. The highest BCUT2D eigenvalue weighted by Gasteiger charge is 2.24. The number of aliphatic hydroxyl groups is 1. The van der Waals surface area contributed by atoms with Crippen molar-refractivity contribution in [3.63, 3.8) is 0 Å². The molecule has 1 fully saturated rings. The van der Waals surface area contributed by atoms with E-state index in [4.69, 9.17) is 18.0 Å². The van der Waals surface area contributed by atoms with Gasteiger partial charge in [-0.05, 0) is 32.4 Å². The summed E-state index contributed by atoms with van der Waals surface area (Å²) in [6, 6.07) is 0. The van der Waals surface area contributed by atoms with Crippen LogP contribution >= 0.6 is 12.2 Å². The lowest BCUT2D eigenvalue weighted by molar-refractivity contribution is 0.0669. The Hall–Kier alpha value is -0.190. The average molecular weight is 230 g/mol. The highest BCUT2D eigenvalue weighted by atomic mass is 32.1. The van der Waals surface area contributed by atoms with Gasteiger partial charge in [-0.3, -0.25) is 0 Å². The number of aliphatic hydroxyl groups excluding tert-OH is 1. The maximum atomic E-state index is 9.53. The third-order valence-electron chi connectivity index (χ3n) is 3.20. The van der Waals surface area contributed by atoms with E-state index in [1.54, 1.807) is 0 Å². The molecule has 1 saturated heterocycles. The molecule has 3 nitrogen and oxygen atoms in total. The Morgan fingerprint density at radius 1 is 1.60 bits per heavy atom. The van der Waals surface area contributed by atoms with Gasteiger partial charge in [0.15, 0.2) is 0 Å². The molecule has 0 saturated carbocycles. The minimum Gasteiger partial charge on any atom is -0.393 e. The number of piperidine rings is 1. The van der Waals surface area contributed by atoms with Crippen LogP contribution in [-0.2, 0) is 0 Å². The molecule has 1 aliphatic rings. The number of rotatable bonds is 4. The number of thiocarbonyl (C=S) groups is 1. The molecule has 3 N–H and O–H groups in total. The summed E-state index contributed by atoms with van der Waals surface area (Å²) in [6.45, 7) is 7.02. The van der Waals surface area contributed by atoms with E-state index >= 15 is 0 Å². The zero-order valence-corrected chi connectivity index (χ0v) is 10.5. The van der Waals surface area contributed by atoms with E-state index in [0.29, 0.717) is 4.99 Å². The summed E-state index contributed by atoms with van der Waals surface area (Å²) in [7, 11) is 0. The molecule has 0 amide bonds. The molecule has 88 valence electrons. The van der Waals surface area contributed by atoms with Crippen molar-refractivity contribution in [1.29, 1.82) is 0 Å². The van der Waals surface area contributed by atoms with Gasteiger partial charge in [-0.25, -0.2) is 0 Å². The molecule has 0 aromatic heterocycles. The lowest BCUT2D eigenvalue weighted by Crippen LogP contribution is -2.41. The van der Waals surface area contributed by atoms with Crippen molar-refractivity contribution in [2.45, 2.75) is 39.2 Å². The summed E-state index contributed by atoms with van der Waals surface area (Å²) < 4.78 is 0. The number of nitrogens with two attached hydrogens (primary N) is 1. The minimum atomic E-state index is -0.147. The molecule has 0 radical (unpaired) electrons. The van der Waals surface area contributed by atoms with E-state index in [2.05, 4.69) is 18.7 Å².